The van der Waals surface area contributed by atoms with Crippen molar-refractivity contribution in [3.63, 3.8) is 0 Å². The lowest BCUT2D eigenvalue weighted by Gasteiger charge is -2.16. The van der Waals surface area contributed by atoms with Crippen LogP contribution in [-0.4, -0.2) is 31.3 Å². The molecule has 1 heterocycles. The monoisotopic (exact) mass is 187 g/mol. The molecular weight excluding hydrogens is 173 g/mol. The molecule has 0 aliphatic carbocycles. The molecule has 1 unspecified atom stereocenters. The molecule has 0 radical (unpaired) electrons. The summed E-state index contributed by atoms with van der Waals surface area (Å²) in [4.78, 5) is 11.3. The second-order valence-electron chi connectivity index (χ2n) is 3.41. The molecule has 0 spiro atoms. The van der Waals surface area contributed by atoms with E-state index in [-0.39, 0.29) is 13.0 Å². The molecule has 1 saturated heterocycles. The first-order valence-corrected chi connectivity index (χ1v) is 4.24. The number of nitrogens with one attached hydrogen (secondary N) is 1. The van der Waals surface area contributed by atoms with E-state index in [4.69, 9.17) is 4.74 Å². The summed E-state index contributed by atoms with van der Waals surface area (Å²) in [5, 5.41) is 2.47. The number of alkyl halides is 1. The minimum Gasteiger partial charge on any atom is -0.377 e. The fraction of sp³-hybridized carbons (Fsp3) is 0.667. The topological polar surface area (TPSA) is 38.3 Å². The Kier molecular flexibility index (Phi) is 3.03. The summed E-state index contributed by atoms with van der Waals surface area (Å²) in [7, 11) is 0. The molecular formula is C9H14FNO2. The van der Waals surface area contributed by atoms with Gasteiger partial charge in [0.15, 0.2) is 0 Å². The molecule has 1 amide bonds. The van der Waals surface area contributed by atoms with Gasteiger partial charge in [0.1, 0.15) is 0 Å². The summed E-state index contributed by atoms with van der Waals surface area (Å²) in [5.74, 6) is -0.590. The molecule has 0 saturated carbocycles. The molecule has 1 N–H and O–H groups in total. The zero-order chi connectivity index (χ0) is 9.90. The van der Waals surface area contributed by atoms with Crippen molar-refractivity contribution >= 4 is 5.91 Å². The van der Waals surface area contributed by atoms with Gasteiger partial charge in [-0.15, -0.1) is 0 Å². The minimum atomic E-state index is -1.82. The fourth-order valence-electron chi connectivity index (χ4n) is 1.11. The smallest absolute Gasteiger partial charge is 0.260 e. The average Bonchev–Trinajstić information content (AvgIpc) is 2.49. The Morgan fingerprint density at radius 2 is 2.46 bits per heavy atom. The predicted molar refractivity (Wildman–Crippen MR) is 47.1 cm³/mol. The van der Waals surface area contributed by atoms with Gasteiger partial charge in [-0.1, -0.05) is 12.2 Å². The van der Waals surface area contributed by atoms with Crippen LogP contribution in [0, 0.1) is 0 Å². The Bertz CT molecular complexity index is 222. The highest BCUT2D eigenvalue weighted by molar-refractivity contribution is 5.85. The third-order valence-corrected chi connectivity index (χ3v) is 1.93. The maximum absolute atomic E-state index is 13.6. The first kappa shape index (κ1) is 10.2. The van der Waals surface area contributed by atoms with Crippen LogP contribution in [0.15, 0.2) is 12.2 Å². The molecule has 13 heavy (non-hydrogen) atoms. The average molecular weight is 187 g/mol. The lowest BCUT2D eigenvalue weighted by atomic mass is 10.1. The standard InChI is InChI=1S/C9H14FNO2/c1-7(2)5-11-8(12)9(10)3-4-13-6-9/h1,3-6H2,2H3,(H,11,12). The highest BCUT2D eigenvalue weighted by Gasteiger charge is 2.42. The SMILES string of the molecule is C=C(C)CNC(=O)C1(F)CCOC1. The second kappa shape index (κ2) is 3.87. The first-order valence-electron chi connectivity index (χ1n) is 4.24. The quantitative estimate of drug-likeness (QED) is 0.664. The van der Waals surface area contributed by atoms with E-state index in [1.165, 1.54) is 0 Å². The van der Waals surface area contributed by atoms with Gasteiger partial charge in [0.2, 0.25) is 5.67 Å². The third-order valence-electron chi connectivity index (χ3n) is 1.93. The number of amides is 1. The maximum atomic E-state index is 13.6. The third kappa shape index (κ3) is 2.52. The van der Waals surface area contributed by atoms with Crippen LogP contribution < -0.4 is 5.32 Å². The lowest BCUT2D eigenvalue weighted by molar-refractivity contribution is -0.132. The Hall–Kier alpha value is -0.900. The molecule has 4 heteroatoms. The van der Waals surface area contributed by atoms with E-state index in [1.807, 2.05) is 0 Å². The van der Waals surface area contributed by atoms with Crippen LogP contribution in [0.5, 0.6) is 0 Å². The molecule has 0 aromatic carbocycles. The summed E-state index contributed by atoms with van der Waals surface area (Å²) in [6, 6.07) is 0. The van der Waals surface area contributed by atoms with Crippen molar-refractivity contribution in [2.24, 2.45) is 0 Å². The molecule has 1 fully saturated rings. The highest BCUT2D eigenvalue weighted by atomic mass is 19.1. The van der Waals surface area contributed by atoms with Crippen LogP contribution in [-0.2, 0) is 9.53 Å². The molecule has 0 aromatic heterocycles. The van der Waals surface area contributed by atoms with E-state index >= 15 is 0 Å². The van der Waals surface area contributed by atoms with E-state index in [1.54, 1.807) is 6.92 Å². The van der Waals surface area contributed by atoms with Crippen molar-refractivity contribution in [3.05, 3.63) is 12.2 Å². The first-order chi connectivity index (χ1) is 6.04. The van der Waals surface area contributed by atoms with E-state index in [9.17, 15) is 9.18 Å². The molecule has 0 aromatic rings. The zero-order valence-electron chi connectivity index (χ0n) is 7.73. The van der Waals surface area contributed by atoms with Gasteiger partial charge in [0.25, 0.3) is 5.91 Å². The Morgan fingerprint density at radius 3 is 2.92 bits per heavy atom. The van der Waals surface area contributed by atoms with Crippen molar-refractivity contribution in [2.75, 3.05) is 19.8 Å². The summed E-state index contributed by atoms with van der Waals surface area (Å²) in [5.41, 5.74) is -1.02. The molecule has 74 valence electrons. The Balaban J connectivity index is 2.42. The number of carbonyl (C=O) groups is 1. The normalized spacial score (nSPS) is 27.2. The molecule has 1 atom stereocenters. The number of hydrogen-bond donors (Lipinski definition) is 1. The maximum Gasteiger partial charge on any atom is 0.260 e. The van der Waals surface area contributed by atoms with E-state index in [0.29, 0.717) is 13.2 Å². The summed E-state index contributed by atoms with van der Waals surface area (Å²) in [6.07, 6.45) is 0.148. The van der Waals surface area contributed by atoms with E-state index in [0.717, 1.165) is 5.57 Å². The van der Waals surface area contributed by atoms with Gasteiger partial charge in [-0.2, -0.15) is 0 Å². The van der Waals surface area contributed by atoms with Crippen molar-refractivity contribution < 1.29 is 13.9 Å². The highest BCUT2D eigenvalue weighted by Crippen LogP contribution is 2.23. The van der Waals surface area contributed by atoms with Crippen molar-refractivity contribution in [3.8, 4) is 0 Å². The van der Waals surface area contributed by atoms with Gasteiger partial charge in [-0.25, -0.2) is 4.39 Å². The van der Waals surface area contributed by atoms with Gasteiger partial charge in [-0.05, 0) is 6.92 Å². The zero-order valence-corrected chi connectivity index (χ0v) is 7.73. The Labute approximate surface area is 77.0 Å². The van der Waals surface area contributed by atoms with Crippen molar-refractivity contribution in [2.45, 2.75) is 19.0 Å². The van der Waals surface area contributed by atoms with E-state index in [2.05, 4.69) is 11.9 Å². The number of ether oxygens (including phenoxy) is 1. The predicted octanol–water partition coefficient (Wildman–Crippen LogP) is 0.807. The molecule has 1 aliphatic heterocycles. The van der Waals surface area contributed by atoms with Crippen LogP contribution in [0.1, 0.15) is 13.3 Å². The number of carbonyl (C=O) groups excluding carboxylic acids is 1. The van der Waals surface area contributed by atoms with Gasteiger partial charge >= 0.3 is 0 Å². The van der Waals surface area contributed by atoms with Crippen molar-refractivity contribution in [1.82, 2.24) is 5.32 Å². The molecule has 0 bridgehead atoms. The van der Waals surface area contributed by atoms with Crippen LogP contribution in [0.3, 0.4) is 0 Å². The van der Waals surface area contributed by atoms with Gasteiger partial charge in [-0.3, -0.25) is 4.79 Å². The lowest BCUT2D eigenvalue weighted by Crippen LogP contribution is -2.44. The molecule has 1 rings (SSSR count). The van der Waals surface area contributed by atoms with Gasteiger partial charge < -0.3 is 10.1 Å². The molecule has 1 aliphatic rings. The van der Waals surface area contributed by atoms with Crippen LogP contribution in [0.4, 0.5) is 4.39 Å². The number of hydrogen-bond acceptors (Lipinski definition) is 2. The van der Waals surface area contributed by atoms with Crippen LogP contribution in [0.2, 0.25) is 0 Å². The number of halogens is 1. The van der Waals surface area contributed by atoms with E-state index < -0.39 is 11.6 Å². The van der Waals surface area contributed by atoms with Crippen LogP contribution in [0.25, 0.3) is 0 Å². The van der Waals surface area contributed by atoms with Crippen LogP contribution >= 0.6 is 0 Å². The summed E-state index contributed by atoms with van der Waals surface area (Å²) < 4.78 is 18.4. The fourth-order valence-corrected chi connectivity index (χ4v) is 1.11. The minimum absolute atomic E-state index is 0.130. The van der Waals surface area contributed by atoms with Gasteiger partial charge in [0, 0.05) is 13.0 Å². The second-order valence-corrected chi connectivity index (χ2v) is 3.41. The number of rotatable bonds is 3. The van der Waals surface area contributed by atoms with Gasteiger partial charge in [0.05, 0.1) is 13.2 Å². The Morgan fingerprint density at radius 1 is 1.77 bits per heavy atom. The summed E-state index contributed by atoms with van der Waals surface area (Å²) in [6.45, 7) is 5.89. The largest absolute Gasteiger partial charge is 0.377 e. The molecule has 3 nitrogen and oxygen atoms in total. The van der Waals surface area contributed by atoms with Crippen molar-refractivity contribution in [1.29, 1.82) is 0 Å². The summed E-state index contributed by atoms with van der Waals surface area (Å²) >= 11 is 0.